The minimum atomic E-state index is -3.87. The summed E-state index contributed by atoms with van der Waals surface area (Å²) in [7, 11) is -0.282. The molecule has 31 heavy (non-hydrogen) atoms. The van der Waals surface area contributed by atoms with Crippen LogP contribution in [0.5, 0.6) is 5.75 Å². The molecule has 0 atom stereocenters. The predicted octanol–water partition coefficient (Wildman–Crippen LogP) is 2.53. The molecule has 0 unspecified atom stereocenters. The number of fused-ring (bicyclic) bond motifs is 1. The van der Waals surface area contributed by atoms with Gasteiger partial charge in [0, 0.05) is 49.6 Å². The molecule has 2 aromatic rings. The number of aryl methyl sites for hydroxylation is 1. The standard InChI is InChI=1S/C23H27N3O4S/c1-17-4-7-20(8-5-17)31(28,29)26-16-18(15-25-12-10-24(2)11-13-25)23(27)21-9-6-19(30-3)14-22(21)26/h4-9,14-15H,10-13,16H2,1-3H3/b18-15+. The van der Waals surface area contributed by atoms with Crippen LogP contribution in [0.2, 0.25) is 0 Å². The Morgan fingerprint density at radius 2 is 1.68 bits per heavy atom. The van der Waals surface area contributed by atoms with Crippen molar-refractivity contribution in [3.05, 3.63) is 65.4 Å². The van der Waals surface area contributed by atoms with Crippen LogP contribution in [0.15, 0.2) is 59.1 Å². The van der Waals surface area contributed by atoms with Crippen LogP contribution in [0.1, 0.15) is 15.9 Å². The lowest BCUT2D eigenvalue weighted by Gasteiger charge is -2.35. The Kier molecular flexibility index (Phi) is 5.77. The first-order valence-corrected chi connectivity index (χ1v) is 11.7. The van der Waals surface area contributed by atoms with Crippen LogP contribution in [0.25, 0.3) is 0 Å². The summed E-state index contributed by atoms with van der Waals surface area (Å²) in [5.74, 6) is 0.356. The van der Waals surface area contributed by atoms with Crippen molar-refractivity contribution in [1.82, 2.24) is 9.80 Å². The molecule has 0 bridgehead atoms. The zero-order valence-electron chi connectivity index (χ0n) is 18.0. The first kappa shape index (κ1) is 21.4. The molecule has 2 aliphatic rings. The van der Waals surface area contributed by atoms with Gasteiger partial charge < -0.3 is 14.5 Å². The Morgan fingerprint density at radius 3 is 2.32 bits per heavy atom. The first-order valence-electron chi connectivity index (χ1n) is 10.2. The van der Waals surface area contributed by atoms with Crippen LogP contribution in [-0.2, 0) is 10.0 Å². The highest BCUT2D eigenvalue weighted by Crippen LogP contribution is 2.36. The molecule has 4 rings (SSSR count). The van der Waals surface area contributed by atoms with Gasteiger partial charge in [0.25, 0.3) is 10.0 Å². The van der Waals surface area contributed by atoms with E-state index in [0.717, 1.165) is 31.7 Å². The van der Waals surface area contributed by atoms with Crippen molar-refractivity contribution >= 4 is 21.5 Å². The van der Waals surface area contributed by atoms with Crippen LogP contribution < -0.4 is 9.04 Å². The third-order valence-electron chi connectivity index (χ3n) is 5.81. The Morgan fingerprint density at radius 1 is 1.00 bits per heavy atom. The van der Waals surface area contributed by atoms with Crippen molar-refractivity contribution in [1.29, 1.82) is 0 Å². The number of ether oxygens (including phenoxy) is 1. The van der Waals surface area contributed by atoms with E-state index >= 15 is 0 Å². The van der Waals surface area contributed by atoms with Gasteiger partial charge in [-0.05, 0) is 38.2 Å². The largest absolute Gasteiger partial charge is 0.497 e. The maximum absolute atomic E-state index is 13.6. The normalized spacial score (nSPS) is 18.9. The highest BCUT2D eigenvalue weighted by Gasteiger charge is 2.36. The number of piperazine rings is 1. The van der Waals surface area contributed by atoms with E-state index in [1.807, 2.05) is 13.1 Å². The van der Waals surface area contributed by atoms with E-state index < -0.39 is 10.0 Å². The van der Waals surface area contributed by atoms with Crippen molar-refractivity contribution in [3.63, 3.8) is 0 Å². The molecule has 2 aliphatic heterocycles. The van der Waals surface area contributed by atoms with Gasteiger partial charge in [0.2, 0.25) is 0 Å². The van der Waals surface area contributed by atoms with Gasteiger partial charge in [-0.25, -0.2) is 8.42 Å². The van der Waals surface area contributed by atoms with E-state index in [-0.39, 0.29) is 17.2 Å². The van der Waals surface area contributed by atoms with E-state index in [0.29, 0.717) is 22.6 Å². The lowest BCUT2D eigenvalue weighted by molar-refractivity contribution is 0.102. The molecule has 0 N–H and O–H groups in total. The Labute approximate surface area is 183 Å². The molecule has 7 nitrogen and oxygen atoms in total. The third kappa shape index (κ3) is 4.18. The molecule has 1 saturated heterocycles. The fourth-order valence-electron chi connectivity index (χ4n) is 3.84. The number of anilines is 1. The van der Waals surface area contributed by atoms with Gasteiger partial charge >= 0.3 is 0 Å². The summed E-state index contributed by atoms with van der Waals surface area (Å²) in [6.07, 6.45) is 1.83. The van der Waals surface area contributed by atoms with Crippen LogP contribution in [-0.4, -0.2) is 70.9 Å². The molecule has 0 spiro atoms. The second-order valence-corrected chi connectivity index (χ2v) is 9.89. The summed E-state index contributed by atoms with van der Waals surface area (Å²) in [5.41, 5.74) is 2.16. The first-order chi connectivity index (χ1) is 14.8. The van der Waals surface area contributed by atoms with Crippen molar-refractivity contribution in [2.45, 2.75) is 11.8 Å². The fourth-order valence-corrected chi connectivity index (χ4v) is 5.30. The fraction of sp³-hybridized carbons (Fsp3) is 0.348. The van der Waals surface area contributed by atoms with Crippen molar-refractivity contribution in [3.8, 4) is 5.75 Å². The number of methoxy groups -OCH3 is 1. The van der Waals surface area contributed by atoms with Crippen molar-refractivity contribution < 1.29 is 17.9 Å². The van der Waals surface area contributed by atoms with Gasteiger partial charge in [-0.15, -0.1) is 0 Å². The molecule has 8 heteroatoms. The average Bonchev–Trinajstić information content (AvgIpc) is 2.77. The zero-order valence-corrected chi connectivity index (χ0v) is 18.9. The molecule has 0 saturated carbocycles. The summed E-state index contributed by atoms with van der Waals surface area (Å²) < 4.78 is 33.8. The van der Waals surface area contributed by atoms with Crippen LogP contribution >= 0.6 is 0 Å². The van der Waals surface area contributed by atoms with Gasteiger partial charge in [-0.2, -0.15) is 0 Å². The number of hydrogen-bond donors (Lipinski definition) is 0. The van der Waals surface area contributed by atoms with E-state index in [9.17, 15) is 13.2 Å². The third-order valence-corrected chi connectivity index (χ3v) is 7.58. The lowest BCUT2D eigenvalue weighted by Crippen LogP contribution is -2.43. The number of sulfonamides is 1. The second kappa shape index (κ2) is 8.36. The zero-order chi connectivity index (χ0) is 22.2. The summed E-state index contributed by atoms with van der Waals surface area (Å²) in [5, 5.41) is 0. The molecule has 1 fully saturated rings. The molecule has 0 amide bonds. The number of likely N-dealkylation sites (N-methyl/N-ethyl adjacent to an activating group) is 1. The molecule has 0 aromatic heterocycles. The van der Waals surface area contributed by atoms with Gasteiger partial charge in [0.1, 0.15) is 5.75 Å². The van der Waals surface area contributed by atoms with Gasteiger partial charge in [-0.1, -0.05) is 17.7 Å². The number of carbonyl (C=O) groups is 1. The van der Waals surface area contributed by atoms with Crippen LogP contribution in [0, 0.1) is 6.92 Å². The molecular formula is C23H27N3O4S. The number of hydrogen-bond acceptors (Lipinski definition) is 6. The minimum absolute atomic E-state index is 0.0124. The van der Waals surface area contributed by atoms with Crippen molar-refractivity contribution in [2.24, 2.45) is 0 Å². The maximum atomic E-state index is 13.6. The highest BCUT2D eigenvalue weighted by molar-refractivity contribution is 7.92. The minimum Gasteiger partial charge on any atom is -0.497 e. The van der Waals surface area contributed by atoms with E-state index in [1.165, 1.54) is 11.4 Å². The lowest BCUT2D eigenvalue weighted by atomic mass is 9.97. The van der Waals surface area contributed by atoms with Crippen LogP contribution in [0.4, 0.5) is 5.69 Å². The summed E-state index contributed by atoms with van der Waals surface area (Å²) in [6.45, 7) is 5.30. The molecule has 0 radical (unpaired) electrons. The molecule has 2 heterocycles. The number of benzene rings is 2. The van der Waals surface area contributed by atoms with Crippen molar-refractivity contribution in [2.75, 3.05) is 51.2 Å². The number of carbonyl (C=O) groups excluding carboxylic acids is 1. The second-order valence-electron chi connectivity index (χ2n) is 8.03. The van der Waals surface area contributed by atoms with E-state index in [1.54, 1.807) is 42.5 Å². The van der Waals surface area contributed by atoms with E-state index in [2.05, 4.69) is 16.8 Å². The smallest absolute Gasteiger partial charge is 0.264 e. The molecule has 0 aliphatic carbocycles. The summed E-state index contributed by atoms with van der Waals surface area (Å²) in [4.78, 5) is 17.8. The monoisotopic (exact) mass is 441 g/mol. The van der Waals surface area contributed by atoms with E-state index in [4.69, 9.17) is 4.74 Å². The molecule has 2 aromatic carbocycles. The SMILES string of the molecule is COc1ccc2c(c1)N(S(=O)(=O)c1ccc(C)cc1)C/C(=C\N1CCN(C)CC1)C2=O. The summed E-state index contributed by atoms with van der Waals surface area (Å²) in [6, 6.07) is 11.7. The molecular weight excluding hydrogens is 414 g/mol. The molecule has 164 valence electrons. The number of nitrogens with zero attached hydrogens (tertiary/aromatic N) is 3. The number of Topliss-reactive ketones (excluding diaryl/α,β-unsaturated/α-hetero) is 1. The quantitative estimate of drug-likeness (QED) is 0.679. The average molecular weight is 442 g/mol. The Hall–Kier alpha value is -2.84. The topological polar surface area (TPSA) is 70.2 Å². The number of rotatable bonds is 4. The van der Waals surface area contributed by atoms with Gasteiger partial charge in [-0.3, -0.25) is 9.10 Å². The Bertz CT molecular complexity index is 1120. The van der Waals surface area contributed by atoms with Gasteiger partial charge in [0.05, 0.1) is 24.2 Å². The maximum Gasteiger partial charge on any atom is 0.264 e. The van der Waals surface area contributed by atoms with Crippen LogP contribution in [0.3, 0.4) is 0 Å². The predicted molar refractivity (Wildman–Crippen MR) is 120 cm³/mol. The number of ketones is 1. The highest BCUT2D eigenvalue weighted by atomic mass is 32.2. The van der Waals surface area contributed by atoms with Gasteiger partial charge in [0.15, 0.2) is 5.78 Å². The Balaban J connectivity index is 1.78. The summed E-state index contributed by atoms with van der Waals surface area (Å²) >= 11 is 0.